The number of aliphatic hydroxyl groups excluding tert-OH is 8. The van der Waals surface area contributed by atoms with Crippen LogP contribution >= 0.6 is 23.7 Å². The number of likely N-dealkylation sites (tertiary alicyclic amines) is 1. The summed E-state index contributed by atoms with van der Waals surface area (Å²) in [7, 11) is 1.74. The number of phenolic OH excluding ortho intramolecular Hbond substituents is 1. The lowest BCUT2D eigenvalue weighted by atomic mass is 9.89. The van der Waals surface area contributed by atoms with Crippen LogP contribution in [0, 0.1) is 5.92 Å². The summed E-state index contributed by atoms with van der Waals surface area (Å²) in [5.41, 5.74) is 2.90. The number of rotatable bonds is 28. The van der Waals surface area contributed by atoms with E-state index < -0.39 is 184 Å². The van der Waals surface area contributed by atoms with Crippen LogP contribution in [0.15, 0.2) is 66.7 Å². The number of nitrogens with one attached hydrogen (secondary N) is 6. The number of phenols is 1. The summed E-state index contributed by atoms with van der Waals surface area (Å²) in [5, 5.41) is 136. The SMILES string of the molecule is COCCCCCCCN1CCC(c2ccc(-c3nnc(-c4ccc(C(=O)NC5C[C@@H](O)CNC(=O)[C@@H]6[C@@H](O)[C@@H](C)CN6C(=O)[C@H]([C@H](O)CCNC(CO)CO)NC(=O)[C@H]([C@H](O)Cc6ccc(O)c(OSOOO)c6)NC(=O)[C@@H]6C[C@@H](O)CN6C(=O)[C@H]([C@@H](C)O)NC5=O)cc4)s3)cc2)CC1. The van der Waals surface area contributed by atoms with Crippen LogP contribution in [0.4, 0.5) is 0 Å². The van der Waals surface area contributed by atoms with Crippen LogP contribution in [-0.2, 0) is 49.3 Å². The van der Waals surface area contributed by atoms with Gasteiger partial charge in [-0.3, -0.25) is 33.6 Å². The van der Waals surface area contributed by atoms with Crippen LogP contribution in [0.1, 0.15) is 105 Å². The molecule has 0 saturated carbocycles. The van der Waals surface area contributed by atoms with Crippen molar-refractivity contribution in [3.63, 3.8) is 0 Å². The molecule has 550 valence electrons. The first-order valence-electron chi connectivity index (χ1n) is 33.6. The Morgan fingerprint density at radius 3 is 2.05 bits per heavy atom. The molecule has 13 atom stereocenters. The number of hydrogen-bond acceptors (Lipinski definition) is 27. The molecule has 1 aromatic heterocycles. The van der Waals surface area contributed by atoms with Crippen molar-refractivity contribution in [3.05, 3.63) is 83.4 Å². The topological polar surface area (TPSA) is 466 Å². The Labute approximate surface area is 586 Å². The smallest absolute Gasteiger partial charge is 0.261 e. The number of methoxy groups -OCH3 is 1. The van der Waals surface area contributed by atoms with Gasteiger partial charge in [-0.2, -0.15) is 0 Å². The van der Waals surface area contributed by atoms with E-state index in [-0.39, 0.29) is 42.3 Å². The number of carbonyl (C=O) groups excluding carboxylic acids is 7. The molecule has 4 aliphatic heterocycles. The number of aromatic nitrogens is 2. The summed E-state index contributed by atoms with van der Waals surface area (Å²) in [4.78, 5) is 107. The number of fused-ring (bicyclic) bond motifs is 2. The average molecular weight is 1440 g/mol. The van der Waals surface area contributed by atoms with Gasteiger partial charge in [0.05, 0.1) is 55.9 Å². The Morgan fingerprint density at radius 2 is 1.39 bits per heavy atom. The maximum absolute atomic E-state index is 15.0. The number of β-amino-alcohol motifs (C(OH)–C–C–N with tert-alkyl or cyclic N) is 1. The molecule has 32 nitrogen and oxygen atoms in total. The molecule has 8 rings (SSSR count). The van der Waals surface area contributed by atoms with Gasteiger partial charge in [-0.05, 0) is 107 Å². The van der Waals surface area contributed by atoms with Gasteiger partial charge < -0.3 is 101 Å². The molecule has 4 saturated heterocycles. The van der Waals surface area contributed by atoms with Gasteiger partial charge in [0.25, 0.3) is 18.2 Å². The minimum Gasteiger partial charge on any atom is -0.504 e. The van der Waals surface area contributed by atoms with Crippen molar-refractivity contribution in [3.8, 4) is 32.6 Å². The molecule has 4 aliphatic rings. The molecular weight excluding hydrogens is 1350 g/mol. The van der Waals surface area contributed by atoms with Gasteiger partial charge in [-0.15, -0.1) is 10.2 Å². The number of unbranched alkanes of at least 4 members (excludes halogenated alkanes) is 4. The summed E-state index contributed by atoms with van der Waals surface area (Å²) < 4.78 is 14.5. The van der Waals surface area contributed by atoms with E-state index in [0.717, 1.165) is 73.9 Å². The second-order valence-electron chi connectivity index (χ2n) is 25.9. The van der Waals surface area contributed by atoms with Crippen molar-refractivity contribution in [1.29, 1.82) is 0 Å². The number of aromatic hydroxyl groups is 1. The number of hydrogen-bond donors (Lipinski definition) is 16. The minimum atomic E-state index is -2.16. The summed E-state index contributed by atoms with van der Waals surface area (Å²) >= 11 is 1.41. The van der Waals surface area contributed by atoms with Crippen molar-refractivity contribution in [2.24, 2.45) is 5.92 Å². The number of aliphatic hydroxyl groups is 8. The van der Waals surface area contributed by atoms with Gasteiger partial charge in [0.1, 0.15) is 46.3 Å². The third kappa shape index (κ3) is 21.3. The van der Waals surface area contributed by atoms with Gasteiger partial charge in [0.2, 0.25) is 35.4 Å². The summed E-state index contributed by atoms with van der Waals surface area (Å²) in [6.45, 7) is 3.76. The Bertz CT molecular complexity index is 3330. The Hall–Kier alpha value is -7.10. The summed E-state index contributed by atoms with van der Waals surface area (Å²) in [6, 6.07) is 5.82. The first kappa shape index (κ1) is 78.6. The molecule has 0 aliphatic carbocycles. The predicted molar refractivity (Wildman–Crippen MR) is 361 cm³/mol. The van der Waals surface area contributed by atoms with Crippen LogP contribution in [0.3, 0.4) is 0 Å². The van der Waals surface area contributed by atoms with E-state index in [1.807, 2.05) is 12.1 Å². The maximum atomic E-state index is 15.0. The second-order valence-corrected chi connectivity index (χ2v) is 27.3. The first-order chi connectivity index (χ1) is 48.0. The largest absolute Gasteiger partial charge is 0.504 e. The number of amides is 7. The van der Waals surface area contributed by atoms with Gasteiger partial charge in [0.15, 0.2) is 11.5 Å². The van der Waals surface area contributed by atoms with Crippen LogP contribution in [0.5, 0.6) is 11.5 Å². The highest BCUT2D eigenvalue weighted by Crippen LogP contribution is 2.35. The zero-order valence-corrected chi connectivity index (χ0v) is 57.5. The normalized spacial score (nSPS) is 25.1. The quantitative estimate of drug-likeness (QED) is 0.0140. The Balaban J connectivity index is 1.03. The van der Waals surface area contributed by atoms with E-state index >= 15 is 4.79 Å². The van der Waals surface area contributed by atoms with E-state index in [9.17, 15) is 74.7 Å². The van der Waals surface area contributed by atoms with Crippen molar-refractivity contribution in [2.75, 3.05) is 72.7 Å². The van der Waals surface area contributed by atoms with Crippen LogP contribution < -0.4 is 36.1 Å². The summed E-state index contributed by atoms with van der Waals surface area (Å²) in [5.74, 6) is -9.12. The molecule has 4 fully saturated rings. The van der Waals surface area contributed by atoms with E-state index in [2.05, 4.69) is 68.5 Å². The van der Waals surface area contributed by atoms with Gasteiger partial charge >= 0.3 is 0 Å². The van der Waals surface area contributed by atoms with Crippen molar-refractivity contribution >= 4 is 65.0 Å². The molecule has 34 heteroatoms. The highest BCUT2D eigenvalue weighted by atomic mass is 32.2. The fourth-order valence-electron chi connectivity index (χ4n) is 12.8. The first-order valence-corrected chi connectivity index (χ1v) is 35.0. The lowest BCUT2D eigenvalue weighted by Crippen LogP contribution is -2.64. The third-order valence-electron chi connectivity index (χ3n) is 18.6. The molecule has 1 unspecified atom stereocenters. The predicted octanol–water partition coefficient (Wildman–Crippen LogP) is -1.00. The fraction of sp³-hybridized carbons (Fsp3) is 0.591. The molecule has 100 heavy (non-hydrogen) atoms. The van der Waals surface area contributed by atoms with Gasteiger partial charge in [-0.1, -0.05) is 89.4 Å². The van der Waals surface area contributed by atoms with Crippen molar-refractivity contribution in [2.45, 2.75) is 169 Å². The highest BCUT2D eigenvalue weighted by Gasteiger charge is 2.50. The zero-order chi connectivity index (χ0) is 72.2. The third-order valence-corrected chi connectivity index (χ3v) is 20.0. The molecule has 0 radical (unpaired) electrons. The lowest BCUT2D eigenvalue weighted by molar-refractivity contribution is -0.433. The Kier molecular flexibility index (Phi) is 30.1. The lowest BCUT2D eigenvalue weighted by Gasteiger charge is -2.34. The van der Waals surface area contributed by atoms with Crippen LogP contribution in [0.2, 0.25) is 0 Å². The number of ether oxygens (including phenoxy) is 1. The molecule has 4 aromatic rings. The van der Waals surface area contributed by atoms with Gasteiger partial charge in [0, 0.05) is 75.2 Å². The molecule has 5 heterocycles. The minimum absolute atomic E-state index is 0.0233. The van der Waals surface area contributed by atoms with Crippen molar-refractivity contribution < 1.29 is 103 Å². The number of benzene rings is 3. The van der Waals surface area contributed by atoms with E-state index in [4.69, 9.17) is 14.2 Å². The molecule has 7 amide bonds. The Morgan fingerprint density at radius 1 is 0.750 bits per heavy atom. The molecule has 3 aromatic carbocycles. The van der Waals surface area contributed by atoms with Crippen LogP contribution in [0.25, 0.3) is 21.1 Å². The van der Waals surface area contributed by atoms with Gasteiger partial charge in [-0.25, -0.2) is 5.26 Å². The molecule has 0 bridgehead atoms. The second kappa shape index (κ2) is 38.2. The van der Waals surface area contributed by atoms with Crippen molar-refractivity contribution in [1.82, 2.24) is 56.8 Å². The number of piperidine rings is 1. The van der Waals surface area contributed by atoms with Crippen LogP contribution in [-0.4, -0.2) is 269 Å². The molecular formula is C66H93N11O21S2. The molecule has 0 spiro atoms. The fourth-order valence-corrected chi connectivity index (χ4v) is 14.0. The number of carbonyl (C=O) groups is 7. The zero-order valence-electron chi connectivity index (χ0n) is 55.9. The maximum Gasteiger partial charge on any atom is 0.261 e. The highest BCUT2D eigenvalue weighted by molar-refractivity contribution is 7.90. The van der Waals surface area contributed by atoms with E-state index in [1.165, 1.54) is 73.8 Å². The summed E-state index contributed by atoms with van der Waals surface area (Å²) in [6.07, 6.45) is -4.51. The molecule has 16 N–H and O–H groups in total. The standard InChI is InChI=1S/C66H93N11O21S2/c1-36-32-77-56(57(36)86)62(91)68-31-45(81)29-47(69-58(87)41-12-16-43(17-13-41)64-74-73-63(99-64)42-14-10-39(11-15-42)40-20-24-75(25-21-40)23-7-5-4-6-8-26-95-3)59(88)70-53(37(2)80)65(92)76-33-46(82)30-48(76)60(89)71-54(51(85)27-38-9-18-49(83)52(28-38)96-100-98-97-94)61(90)72-55(66(77)93)50(84)19-22-67-44(34-78)35-79/h9-18,28,36-37,40,44-48,50-51,53-57,67,78-86,94H,4-8,19-27,29-35H2,1-3H3,(H,68,91)(H,69,87)(H,70,88)(H,71,89)(H,72,90)/t36-,37+,45+,46+,47?,48-,50+,51+,53-,54-,55-,56-,57-/m0/s1. The van der Waals surface area contributed by atoms with E-state index in [0.29, 0.717) is 21.5 Å². The number of nitrogens with zero attached hydrogens (tertiary/aromatic N) is 5. The van der Waals surface area contributed by atoms with E-state index in [1.54, 1.807) is 19.2 Å². The monoisotopic (exact) mass is 1440 g/mol. The average Bonchev–Trinajstić information content (AvgIpc) is 1.63.